The van der Waals surface area contributed by atoms with Crippen molar-refractivity contribution in [3.05, 3.63) is 27.4 Å². The molecule has 1 saturated carbocycles. The zero-order valence-corrected chi connectivity index (χ0v) is 13.1. The molecule has 2 rings (SSSR count). The average Bonchev–Trinajstić information content (AvgIpc) is 3.07. The quantitative estimate of drug-likeness (QED) is 0.786. The first-order valence-corrected chi connectivity index (χ1v) is 8.58. The maximum absolute atomic E-state index is 12.5. The first kappa shape index (κ1) is 14.7. The Labute approximate surface area is 123 Å². The van der Waals surface area contributed by atoms with Crippen LogP contribution in [-0.2, 0) is 10.0 Å². The molecule has 0 amide bonds. The van der Waals surface area contributed by atoms with Gasteiger partial charge in [0.25, 0.3) is 0 Å². The van der Waals surface area contributed by atoms with Gasteiger partial charge in [0.2, 0.25) is 10.0 Å². The molecular formula is C11H12BrNO4S2. The van der Waals surface area contributed by atoms with Crippen molar-refractivity contribution in [1.82, 2.24) is 4.31 Å². The molecule has 0 unspecified atom stereocenters. The molecule has 1 aromatic rings. The van der Waals surface area contributed by atoms with Crippen molar-refractivity contribution < 1.29 is 18.3 Å². The fraction of sp³-hybridized carbons (Fsp3) is 0.364. The molecule has 0 radical (unpaired) electrons. The lowest BCUT2D eigenvalue weighted by Gasteiger charge is -2.19. The van der Waals surface area contributed by atoms with Crippen molar-refractivity contribution >= 4 is 43.3 Å². The van der Waals surface area contributed by atoms with Gasteiger partial charge < -0.3 is 5.11 Å². The van der Waals surface area contributed by atoms with Gasteiger partial charge in [-0.15, -0.1) is 17.9 Å². The van der Waals surface area contributed by atoms with Crippen LogP contribution in [0, 0.1) is 0 Å². The van der Waals surface area contributed by atoms with Gasteiger partial charge in [0.15, 0.2) is 0 Å². The number of hydrogen-bond donors (Lipinski definition) is 1. The number of carboxylic acid groups (broad SMARTS) is 1. The number of carboxylic acids is 1. The van der Waals surface area contributed by atoms with Crippen LogP contribution < -0.4 is 0 Å². The molecule has 19 heavy (non-hydrogen) atoms. The lowest BCUT2D eigenvalue weighted by atomic mass is 10.5. The highest BCUT2D eigenvalue weighted by Crippen LogP contribution is 2.37. The summed E-state index contributed by atoms with van der Waals surface area (Å²) in [7, 11) is -3.68. The van der Waals surface area contributed by atoms with Gasteiger partial charge in [0.05, 0.1) is 3.79 Å². The Bertz CT molecular complexity index is 619. The number of hydrogen-bond acceptors (Lipinski definition) is 4. The molecule has 0 aliphatic heterocycles. The van der Waals surface area contributed by atoms with E-state index in [1.165, 1.54) is 16.4 Å². The maximum atomic E-state index is 12.5. The normalized spacial score (nSPS) is 15.7. The van der Waals surface area contributed by atoms with E-state index in [4.69, 9.17) is 5.11 Å². The predicted octanol–water partition coefficient (Wildman–Crippen LogP) is 2.55. The molecule has 0 spiro atoms. The molecule has 0 bridgehead atoms. The van der Waals surface area contributed by atoms with Gasteiger partial charge in [0.1, 0.15) is 9.77 Å². The second-order valence-electron chi connectivity index (χ2n) is 4.15. The fourth-order valence-electron chi connectivity index (χ4n) is 1.69. The highest BCUT2D eigenvalue weighted by atomic mass is 79.9. The highest BCUT2D eigenvalue weighted by molar-refractivity contribution is 9.11. The number of aromatic carboxylic acids is 1. The van der Waals surface area contributed by atoms with Gasteiger partial charge in [-0.2, -0.15) is 4.31 Å². The summed E-state index contributed by atoms with van der Waals surface area (Å²) in [6.45, 7) is 3.80. The van der Waals surface area contributed by atoms with Crippen LogP contribution >= 0.6 is 27.3 Å². The number of carbonyl (C=O) groups is 1. The number of thiophene rings is 1. The first-order valence-electron chi connectivity index (χ1n) is 5.53. The van der Waals surface area contributed by atoms with Crippen LogP contribution in [0.15, 0.2) is 27.4 Å². The Balaban J connectivity index is 2.42. The monoisotopic (exact) mass is 365 g/mol. The predicted molar refractivity (Wildman–Crippen MR) is 76.1 cm³/mol. The molecular weight excluding hydrogens is 354 g/mol. The summed E-state index contributed by atoms with van der Waals surface area (Å²) in [5.41, 5.74) is 0. The van der Waals surface area contributed by atoms with Crippen LogP contribution in [0.5, 0.6) is 0 Å². The summed E-state index contributed by atoms with van der Waals surface area (Å²) < 4.78 is 26.7. The van der Waals surface area contributed by atoms with E-state index in [1.807, 2.05) is 0 Å². The number of halogens is 1. The number of rotatable bonds is 6. The van der Waals surface area contributed by atoms with Crippen molar-refractivity contribution in [3.63, 3.8) is 0 Å². The minimum atomic E-state index is -3.68. The van der Waals surface area contributed by atoms with Gasteiger partial charge in [-0.1, -0.05) is 6.08 Å². The molecule has 1 aromatic heterocycles. The molecule has 1 N–H and O–H groups in total. The van der Waals surface area contributed by atoms with E-state index in [0.717, 1.165) is 24.2 Å². The zero-order valence-electron chi connectivity index (χ0n) is 9.87. The highest BCUT2D eigenvalue weighted by Gasteiger charge is 2.39. The molecule has 1 aliphatic carbocycles. The standard InChI is InChI=1S/C11H12BrNO4S2/c1-2-5-13(7-3-4-7)19(16,17)9-6-8(11(14)15)18-10(9)12/h2,6-7H,1,3-5H2,(H,14,15). The SMILES string of the molecule is C=CCN(C1CC1)S(=O)(=O)c1cc(C(=O)O)sc1Br. The smallest absolute Gasteiger partial charge is 0.345 e. The summed E-state index contributed by atoms with van der Waals surface area (Å²) in [6, 6.07) is 1.20. The van der Waals surface area contributed by atoms with Crippen LogP contribution in [0.4, 0.5) is 0 Å². The van der Waals surface area contributed by atoms with Crippen molar-refractivity contribution in [2.24, 2.45) is 0 Å². The van der Waals surface area contributed by atoms with E-state index in [9.17, 15) is 13.2 Å². The third kappa shape index (κ3) is 2.91. The van der Waals surface area contributed by atoms with Crippen LogP contribution in [0.2, 0.25) is 0 Å². The third-order valence-corrected chi connectivity index (χ3v) is 6.87. The van der Waals surface area contributed by atoms with E-state index in [-0.39, 0.29) is 22.4 Å². The van der Waals surface area contributed by atoms with Gasteiger partial charge in [0, 0.05) is 12.6 Å². The van der Waals surface area contributed by atoms with Crippen molar-refractivity contribution in [3.8, 4) is 0 Å². The van der Waals surface area contributed by atoms with Gasteiger partial charge in [-0.05, 0) is 34.8 Å². The third-order valence-electron chi connectivity index (χ3n) is 2.72. The van der Waals surface area contributed by atoms with Crippen molar-refractivity contribution in [2.75, 3.05) is 6.54 Å². The number of sulfonamides is 1. The Morgan fingerprint density at radius 2 is 2.26 bits per heavy atom. The lowest BCUT2D eigenvalue weighted by Crippen LogP contribution is -2.33. The van der Waals surface area contributed by atoms with Crippen LogP contribution in [0.1, 0.15) is 22.5 Å². The summed E-state index contributed by atoms with van der Waals surface area (Å²) >= 11 is 4.04. The second-order valence-corrected chi connectivity index (χ2v) is 8.38. The zero-order chi connectivity index (χ0) is 14.2. The molecule has 0 aromatic carbocycles. The Morgan fingerprint density at radius 1 is 1.63 bits per heavy atom. The van der Waals surface area contributed by atoms with E-state index in [1.54, 1.807) is 0 Å². The molecule has 5 nitrogen and oxygen atoms in total. The Morgan fingerprint density at radius 3 is 2.68 bits per heavy atom. The molecule has 8 heteroatoms. The minimum Gasteiger partial charge on any atom is -0.477 e. The minimum absolute atomic E-state index is 0.000185. The largest absolute Gasteiger partial charge is 0.477 e. The van der Waals surface area contributed by atoms with Gasteiger partial charge in [-0.3, -0.25) is 0 Å². The molecule has 104 valence electrons. The summed E-state index contributed by atoms with van der Waals surface area (Å²) in [5.74, 6) is -1.13. The molecule has 1 fully saturated rings. The summed E-state index contributed by atoms with van der Waals surface area (Å²) in [5, 5.41) is 8.92. The topological polar surface area (TPSA) is 74.7 Å². The number of nitrogens with zero attached hydrogens (tertiary/aromatic N) is 1. The van der Waals surface area contributed by atoms with E-state index in [0.29, 0.717) is 3.79 Å². The van der Waals surface area contributed by atoms with Crippen LogP contribution in [-0.4, -0.2) is 36.4 Å². The van der Waals surface area contributed by atoms with E-state index >= 15 is 0 Å². The van der Waals surface area contributed by atoms with Crippen molar-refractivity contribution in [2.45, 2.75) is 23.8 Å². The van der Waals surface area contributed by atoms with E-state index in [2.05, 4.69) is 22.5 Å². The summed E-state index contributed by atoms with van der Waals surface area (Å²) in [4.78, 5) is 10.9. The average molecular weight is 366 g/mol. The molecule has 1 aliphatic rings. The van der Waals surface area contributed by atoms with Crippen LogP contribution in [0.25, 0.3) is 0 Å². The van der Waals surface area contributed by atoms with Crippen molar-refractivity contribution in [1.29, 1.82) is 0 Å². The lowest BCUT2D eigenvalue weighted by molar-refractivity contribution is 0.0702. The Kier molecular flexibility index (Phi) is 4.14. The maximum Gasteiger partial charge on any atom is 0.345 e. The second kappa shape index (κ2) is 5.35. The molecule has 0 atom stereocenters. The van der Waals surface area contributed by atoms with Crippen LogP contribution in [0.3, 0.4) is 0 Å². The van der Waals surface area contributed by atoms with Gasteiger partial charge in [-0.25, -0.2) is 13.2 Å². The summed E-state index contributed by atoms with van der Waals surface area (Å²) in [6.07, 6.45) is 3.20. The molecule has 1 heterocycles. The fourth-order valence-corrected chi connectivity index (χ4v) is 5.70. The van der Waals surface area contributed by atoms with Gasteiger partial charge >= 0.3 is 5.97 Å². The Hall–Kier alpha value is -0.700. The van der Waals surface area contributed by atoms with E-state index < -0.39 is 16.0 Å². The molecule has 0 saturated heterocycles. The first-order chi connectivity index (χ1) is 8.87.